The molecule has 0 heterocycles. The number of primary sulfonamides is 1. The van der Waals surface area contributed by atoms with Crippen LogP contribution in [0.1, 0.15) is 11.1 Å². The lowest BCUT2D eigenvalue weighted by Crippen LogP contribution is -2.11. The molecule has 0 fully saturated rings. The summed E-state index contributed by atoms with van der Waals surface area (Å²) in [5.41, 5.74) is 2.86. The first kappa shape index (κ1) is 14.4. The number of sulfonamides is 1. The Labute approximate surface area is 118 Å². The summed E-state index contributed by atoms with van der Waals surface area (Å²) < 4.78 is 22.2. The van der Waals surface area contributed by atoms with Crippen LogP contribution in [-0.4, -0.2) is 8.42 Å². The molecule has 6 heteroatoms. The second-order valence-corrected chi connectivity index (χ2v) is 5.99. The van der Waals surface area contributed by atoms with Gasteiger partial charge in [0.15, 0.2) is 0 Å². The van der Waals surface area contributed by atoms with Crippen LogP contribution in [0.25, 0.3) is 0 Å². The standard InChI is InChI=1S/C14H15N3O2S/c1-11-2-4-12(5-3-11)10-16-17-13-6-8-14(9-7-13)20(15,18)19/h2-9H,10H2,1H3,(H2,15,18,19). The molecule has 0 spiro atoms. The lowest BCUT2D eigenvalue weighted by Gasteiger charge is -1.98. The van der Waals surface area contributed by atoms with Crippen molar-refractivity contribution in [2.24, 2.45) is 15.4 Å². The Kier molecular flexibility index (Phi) is 4.26. The highest BCUT2D eigenvalue weighted by Gasteiger charge is 2.06. The zero-order valence-electron chi connectivity index (χ0n) is 11.0. The van der Waals surface area contributed by atoms with E-state index in [4.69, 9.17) is 5.14 Å². The Hall–Kier alpha value is -2.05. The Bertz CT molecular complexity index is 705. The van der Waals surface area contributed by atoms with E-state index >= 15 is 0 Å². The Morgan fingerprint density at radius 1 is 1.00 bits per heavy atom. The number of aryl methyl sites for hydroxylation is 1. The van der Waals surface area contributed by atoms with E-state index in [2.05, 4.69) is 10.2 Å². The zero-order valence-corrected chi connectivity index (χ0v) is 11.8. The molecule has 0 aromatic heterocycles. The lowest BCUT2D eigenvalue weighted by molar-refractivity contribution is 0.598. The van der Waals surface area contributed by atoms with Gasteiger partial charge in [-0.15, -0.1) is 0 Å². The van der Waals surface area contributed by atoms with Crippen LogP contribution >= 0.6 is 0 Å². The fourth-order valence-corrected chi connectivity index (χ4v) is 2.11. The summed E-state index contributed by atoms with van der Waals surface area (Å²) in [6.45, 7) is 2.51. The smallest absolute Gasteiger partial charge is 0.225 e. The van der Waals surface area contributed by atoms with Crippen molar-refractivity contribution in [3.63, 3.8) is 0 Å². The highest BCUT2D eigenvalue weighted by Crippen LogP contribution is 2.16. The first-order valence-electron chi connectivity index (χ1n) is 6.01. The van der Waals surface area contributed by atoms with Crippen molar-refractivity contribution in [2.75, 3.05) is 0 Å². The third kappa shape index (κ3) is 3.97. The molecular formula is C14H15N3O2S. The van der Waals surface area contributed by atoms with E-state index in [1.807, 2.05) is 31.2 Å². The van der Waals surface area contributed by atoms with Crippen molar-refractivity contribution in [3.8, 4) is 0 Å². The molecule has 2 aromatic rings. The van der Waals surface area contributed by atoms with E-state index < -0.39 is 10.0 Å². The van der Waals surface area contributed by atoms with Crippen molar-refractivity contribution < 1.29 is 8.42 Å². The quantitative estimate of drug-likeness (QED) is 0.877. The van der Waals surface area contributed by atoms with E-state index in [9.17, 15) is 8.42 Å². The molecule has 0 aliphatic heterocycles. The van der Waals surface area contributed by atoms with Crippen LogP contribution < -0.4 is 5.14 Å². The molecule has 104 valence electrons. The summed E-state index contributed by atoms with van der Waals surface area (Å²) in [5, 5.41) is 13.1. The first-order valence-corrected chi connectivity index (χ1v) is 7.56. The second kappa shape index (κ2) is 5.94. The normalized spacial score (nSPS) is 11.9. The number of nitrogens with two attached hydrogens (primary N) is 1. The minimum atomic E-state index is -3.66. The summed E-state index contributed by atoms with van der Waals surface area (Å²) in [5.74, 6) is 0. The average molecular weight is 289 g/mol. The highest BCUT2D eigenvalue weighted by molar-refractivity contribution is 7.89. The zero-order chi connectivity index (χ0) is 14.6. The topological polar surface area (TPSA) is 84.9 Å². The predicted octanol–water partition coefficient (Wildman–Crippen LogP) is 2.93. The van der Waals surface area contributed by atoms with Gasteiger partial charge in [0.1, 0.15) is 0 Å². The maximum Gasteiger partial charge on any atom is 0.238 e. The number of hydrogen-bond acceptors (Lipinski definition) is 4. The van der Waals surface area contributed by atoms with Crippen molar-refractivity contribution >= 4 is 15.7 Å². The Morgan fingerprint density at radius 2 is 1.60 bits per heavy atom. The second-order valence-electron chi connectivity index (χ2n) is 4.42. The molecule has 0 saturated heterocycles. The van der Waals surface area contributed by atoms with Gasteiger partial charge in [0, 0.05) is 0 Å². The lowest BCUT2D eigenvalue weighted by atomic mass is 10.2. The molecule has 0 unspecified atom stereocenters. The largest absolute Gasteiger partial charge is 0.238 e. The maximum atomic E-state index is 11.1. The Balaban J connectivity index is 2.03. The number of rotatable bonds is 4. The van der Waals surface area contributed by atoms with Crippen molar-refractivity contribution in [2.45, 2.75) is 18.4 Å². The van der Waals surface area contributed by atoms with Gasteiger partial charge in [-0.2, -0.15) is 10.2 Å². The van der Waals surface area contributed by atoms with E-state index in [0.717, 1.165) is 5.56 Å². The fraction of sp³-hybridized carbons (Fsp3) is 0.143. The molecule has 0 radical (unpaired) electrons. The summed E-state index contributed by atoms with van der Waals surface area (Å²) in [6.07, 6.45) is 0. The number of azo groups is 1. The Morgan fingerprint density at radius 3 is 2.15 bits per heavy atom. The molecule has 20 heavy (non-hydrogen) atoms. The molecule has 5 nitrogen and oxygen atoms in total. The SMILES string of the molecule is Cc1ccc(CN=Nc2ccc(S(N)(=O)=O)cc2)cc1. The van der Waals surface area contributed by atoms with E-state index in [0.29, 0.717) is 12.2 Å². The van der Waals surface area contributed by atoms with Gasteiger partial charge in [-0.1, -0.05) is 29.8 Å². The fourth-order valence-electron chi connectivity index (χ4n) is 1.59. The summed E-state index contributed by atoms with van der Waals surface area (Å²) in [7, 11) is -3.66. The van der Waals surface area contributed by atoms with Crippen LogP contribution in [-0.2, 0) is 16.6 Å². The molecule has 2 rings (SSSR count). The van der Waals surface area contributed by atoms with Crippen LogP contribution in [0, 0.1) is 6.92 Å². The molecule has 2 N–H and O–H groups in total. The first-order chi connectivity index (χ1) is 9.45. The van der Waals surface area contributed by atoms with Crippen LogP contribution in [0.3, 0.4) is 0 Å². The van der Waals surface area contributed by atoms with Gasteiger partial charge in [0.25, 0.3) is 0 Å². The van der Waals surface area contributed by atoms with Crippen LogP contribution in [0.15, 0.2) is 63.7 Å². The van der Waals surface area contributed by atoms with Gasteiger partial charge in [0.05, 0.1) is 17.1 Å². The highest BCUT2D eigenvalue weighted by atomic mass is 32.2. The minimum absolute atomic E-state index is 0.0648. The summed E-state index contributed by atoms with van der Waals surface area (Å²) in [6, 6.07) is 14.0. The molecular weight excluding hydrogens is 274 g/mol. The number of benzene rings is 2. The van der Waals surface area contributed by atoms with Crippen molar-refractivity contribution in [3.05, 3.63) is 59.7 Å². The number of nitrogens with zero attached hydrogens (tertiary/aromatic N) is 2. The van der Waals surface area contributed by atoms with Gasteiger partial charge >= 0.3 is 0 Å². The molecule has 0 amide bonds. The third-order valence-corrected chi connectivity index (χ3v) is 3.65. The maximum absolute atomic E-state index is 11.1. The monoisotopic (exact) mass is 289 g/mol. The van der Waals surface area contributed by atoms with Crippen LogP contribution in [0.2, 0.25) is 0 Å². The molecule has 0 bridgehead atoms. The predicted molar refractivity (Wildman–Crippen MR) is 77.2 cm³/mol. The van der Waals surface area contributed by atoms with Crippen LogP contribution in [0.5, 0.6) is 0 Å². The van der Waals surface area contributed by atoms with Gasteiger partial charge in [-0.3, -0.25) is 0 Å². The van der Waals surface area contributed by atoms with E-state index in [1.54, 1.807) is 12.1 Å². The molecule has 0 aliphatic carbocycles. The van der Waals surface area contributed by atoms with Gasteiger partial charge < -0.3 is 0 Å². The summed E-state index contributed by atoms with van der Waals surface area (Å²) >= 11 is 0. The molecule has 2 aromatic carbocycles. The van der Waals surface area contributed by atoms with E-state index in [-0.39, 0.29) is 4.90 Å². The average Bonchev–Trinajstić information content (AvgIpc) is 2.41. The molecule has 0 aliphatic rings. The molecule has 0 atom stereocenters. The van der Waals surface area contributed by atoms with Crippen LogP contribution in [0.4, 0.5) is 5.69 Å². The minimum Gasteiger partial charge on any atom is -0.225 e. The van der Waals surface area contributed by atoms with Crippen molar-refractivity contribution in [1.82, 2.24) is 0 Å². The van der Waals surface area contributed by atoms with Gasteiger partial charge in [0.2, 0.25) is 10.0 Å². The number of hydrogen-bond donors (Lipinski definition) is 1. The summed E-state index contributed by atoms with van der Waals surface area (Å²) in [4.78, 5) is 0.0648. The van der Waals surface area contributed by atoms with Crippen molar-refractivity contribution in [1.29, 1.82) is 0 Å². The van der Waals surface area contributed by atoms with Gasteiger partial charge in [-0.05, 0) is 36.8 Å². The molecule has 0 saturated carbocycles. The third-order valence-electron chi connectivity index (χ3n) is 2.73. The van der Waals surface area contributed by atoms with E-state index in [1.165, 1.54) is 17.7 Å². The van der Waals surface area contributed by atoms with Gasteiger partial charge in [-0.25, -0.2) is 13.6 Å².